The molecule has 4 rings (SSSR count). The van der Waals surface area contributed by atoms with Gasteiger partial charge < -0.3 is 10.2 Å². The predicted octanol–water partition coefficient (Wildman–Crippen LogP) is 5.81. The SMILES string of the molecule is Cc1ccc(S(=O)(=O)N(CC(=O)N(Cc2ccc(F)cc2)C(C)C(=O)NC2CCCCC2)c2ccc(C)c(C)c2)cc1. The Balaban J connectivity index is 1.69. The van der Waals surface area contributed by atoms with Gasteiger partial charge in [-0.2, -0.15) is 0 Å². The van der Waals surface area contributed by atoms with Gasteiger partial charge in [-0.25, -0.2) is 12.8 Å². The van der Waals surface area contributed by atoms with Crippen molar-refractivity contribution in [1.29, 1.82) is 0 Å². The van der Waals surface area contributed by atoms with Gasteiger partial charge >= 0.3 is 0 Å². The summed E-state index contributed by atoms with van der Waals surface area (Å²) < 4.78 is 42.7. The van der Waals surface area contributed by atoms with Gasteiger partial charge in [0.2, 0.25) is 11.8 Å². The van der Waals surface area contributed by atoms with Gasteiger partial charge in [0.1, 0.15) is 18.4 Å². The summed E-state index contributed by atoms with van der Waals surface area (Å²) in [5, 5.41) is 3.08. The molecular formula is C33H40FN3O4S. The molecule has 1 aliphatic rings. The minimum absolute atomic E-state index is 0.0176. The Morgan fingerprint density at radius 2 is 1.55 bits per heavy atom. The monoisotopic (exact) mass is 593 g/mol. The zero-order valence-corrected chi connectivity index (χ0v) is 25.6. The number of rotatable bonds is 10. The zero-order chi connectivity index (χ0) is 30.4. The lowest BCUT2D eigenvalue weighted by Crippen LogP contribution is -2.53. The van der Waals surface area contributed by atoms with E-state index in [0.29, 0.717) is 11.3 Å². The molecule has 1 unspecified atom stereocenters. The molecule has 1 aliphatic carbocycles. The van der Waals surface area contributed by atoms with Gasteiger partial charge in [0.25, 0.3) is 10.0 Å². The van der Waals surface area contributed by atoms with E-state index in [4.69, 9.17) is 0 Å². The number of anilines is 1. The van der Waals surface area contributed by atoms with Gasteiger partial charge in [-0.15, -0.1) is 0 Å². The summed E-state index contributed by atoms with van der Waals surface area (Å²) in [6, 6.07) is 16.6. The van der Waals surface area contributed by atoms with E-state index in [9.17, 15) is 22.4 Å². The van der Waals surface area contributed by atoms with Crippen LogP contribution in [0.15, 0.2) is 71.6 Å². The van der Waals surface area contributed by atoms with E-state index in [1.165, 1.54) is 29.2 Å². The van der Waals surface area contributed by atoms with Crippen molar-refractivity contribution in [3.8, 4) is 0 Å². The second-order valence-corrected chi connectivity index (χ2v) is 13.1. The second-order valence-electron chi connectivity index (χ2n) is 11.3. The van der Waals surface area contributed by atoms with Crippen LogP contribution in [0, 0.1) is 26.6 Å². The van der Waals surface area contributed by atoms with Crippen LogP contribution in [0.2, 0.25) is 0 Å². The highest BCUT2D eigenvalue weighted by Gasteiger charge is 2.33. The first kappa shape index (κ1) is 31.2. The van der Waals surface area contributed by atoms with Gasteiger partial charge in [0.15, 0.2) is 0 Å². The number of benzene rings is 3. The number of hydrogen-bond donors (Lipinski definition) is 1. The molecule has 0 saturated heterocycles. The smallest absolute Gasteiger partial charge is 0.264 e. The maximum absolute atomic E-state index is 14.1. The average molecular weight is 594 g/mol. The molecule has 1 saturated carbocycles. The molecule has 2 amide bonds. The molecule has 3 aromatic carbocycles. The van der Waals surface area contributed by atoms with Crippen molar-refractivity contribution in [1.82, 2.24) is 10.2 Å². The summed E-state index contributed by atoms with van der Waals surface area (Å²) in [4.78, 5) is 28.9. The highest BCUT2D eigenvalue weighted by Crippen LogP contribution is 2.27. The average Bonchev–Trinajstić information content (AvgIpc) is 2.97. The summed E-state index contributed by atoms with van der Waals surface area (Å²) in [6.07, 6.45) is 5.00. The van der Waals surface area contributed by atoms with Crippen LogP contribution in [-0.2, 0) is 26.2 Å². The van der Waals surface area contributed by atoms with Crippen molar-refractivity contribution < 1.29 is 22.4 Å². The molecule has 0 radical (unpaired) electrons. The molecule has 9 heteroatoms. The largest absolute Gasteiger partial charge is 0.352 e. The van der Waals surface area contributed by atoms with E-state index in [-0.39, 0.29) is 23.4 Å². The fraction of sp³-hybridized carbons (Fsp3) is 0.394. The molecule has 42 heavy (non-hydrogen) atoms. The molecular weight excluding hydrogens is 553 g/mol. The normalized spacial score (nSPS) is 14.7. The van der Waals surface area contributed by atoms with E-state index in [1.54, 1.807) is 43.3 Å². The van der Waals surface area contributed by atoms with E-state index in [2.05, 4.69) is 5.32 Å². The first-order chi connectivity index (χ1) is 20.0. The number of aryl methyl sites for hydroxylation is 3. The molecule has 0 aromatic heterocycles. The van der Waals surface area contributed by atoms with Crippen LogP contribution in [0.5, 0.6) is 0 Å². The molecule has 224 valence electrons. The Kier molecular flexibility index (Phi) is 10.0. The van der Waals surface area contributed by atoms with Crippen LogP contribution >= 0.6 is 0 Å². The van der Waals surface area contributed by atoms with Gasteiger partial charge in [0, 0.05) is 12.6 Å². The lowest BCUT2D eigenvalue weighted by molar-refractivity contribution is -0.139. The lowest BCUT2D eigenvalue weighted by Gasteiger charge is -2.33. The highest BCUT2D eigenvalue weighted by molar-refractivity contribution is 7.92. The summed E-state index contributed by atoms with van der Waals surface area (Å²) in [5.74, 6) is -1.25. The van der Waals surface area contributed by atoms with Gasteiger partial charge in [-0.05, 0) is 93.6 Å². The van der Waals surface area contributed by atoms with Gasteiger partial charge in [-0.3, -0.25) is 13.9 Å². The standard InChI is InChI=1S/C33H40FN3O4S/c1-23-10-18-31(19-11-23)42(40,41)37(30-17-12-24(2)25(3)20-30)22-32(38)36(21-27-13-15-28(34)16-14-27)26(4)33(39)35-29-8-6-5-7-9-29/h10-20,26,29H,5-9,21-22H2,1-4H3,(H,35,39). The van der Waals surface area contributed by atoms with Gasteiger partial charge in [0.05, 0.1) is 10.6 Å². The number of halogens is 1. The Morgan fingerprint density at radius 3 is 2.17 bits per heavy atom. The van der Waals surface area contributed by atoms with Crippen LogP contribution in [0.25, 0.3) is 0 Å². The zero-order valence-electron chi connectivity index (χ0n) is 24.8. The molecule has 1 fully saturated rings. The van der Waals surface area contributed by atoms with E-state index in [1.807, 2.05) is 26.8 Å². The van der Waals surface area contributed by atoms with E-state index in [0.717, 1.165) is 53.1 Å². The minimum Gasteiger partial charge on any atom is -0.352 e. The number of carbonyl (C=O) groups excluding carboxylic acids is 2. The van der Waals surface area contributed by atoms with Crippen LogP contribution in [-0.4, -0.2) is 43.8 Å². The molecule has 1 N–H and O–H groups in total. The molecule has 0 spiro atoms. The molecule has 0 bridgehead atoms. The minimum atomic E-state index is -4.14. The fourth-order valence-corrected chi connectivity index (χ4v) is 6.59. The fourth-order valence-electron chi connectivity index (χ4n) is 5.18. The number of carbonyl (C=O) groups is 2. The number of hydrogen-bond acceptors (Lipinski definition) is 4. The third-order valence-electron chi connectivity index (χ3n) is 8.05. The van der Waals surface area contributed by atoms with Crippen LogP contribution in [0.4, 0.5) is 10.1 Å². The van der Waals surface area contributed by atoms with Crippen LogP contribution in [0.1, 0.15) is 61.3 Å². The maximum atomic E-state index is 14.1. The number of sulfonamides is 1. The third-order valence-corrected chi connectivity index (χ3v) is 9.84. The summed E-state index contributed by atoms with van der Waals surface area (Å²) in [5.41, 5.74) is 3.76. The van der Waals surface area contributed by atoms with Crippen molar-refractivity contribution in [2.24, 2.45) is 0 Å². The summed E-state index contributed by atoms with van der Waals surface area (Å²) >= 11 is 0. The van der Waals surface area contributed by atoms with Gasteiger partial charge in [-0.1, -0.05) is 55.2 Å². The topological polar surface area (TPSA) is 86.8 Å². The number of amides is 2. The quantitative estimate of drug-likeness (QED) is 0.321. The Labute approximate surface area is 248 Å². The maximum Gasteiger partial charge on any atom is 0.264 e. The van der Waals surface area contributed by atoms with Crippen LogP contribution in [0.3, 0.4) is 0 Å². The first-order valence-corrected chi connectivity index (χ1v) is 15.9. The number of nitrogens with zero attached hydrogens (tertiary/aromatic N) is 2. The molecule has 0 heterocycles. The summed E-state index contributed by atoms with van der Waals surface area (Å²) in [7, 11) is -4.14. The molecule has 7 nitrogen and oxygen atoms in total. The van der Waals surface area contributed by atoms with Crippen molar-refractivity contribution in [3.63, 3.8) is 0 Å². The Morgan fingerprint density at radius 1 is 0.905 bits per heavy atom. The molecule has 0 aliphatic heterocycles. The van der Waals surface area contributed by atoms with E-state index >= 15 is 0 Å². The third kappa shape index (κ3) is 7.56. The van der Waals surface area contributed by atoms with Crippen molar-refractivity contribution in [3.05, 3.63) is 94.8 Å². The number of nitrogens with one attached hydrogen (secondary N) is 1. The Hall–Kier alpha value is -3.72. The van der Waals surface area contributed by atoms with Crippen molar-refractivity contribution >= 4 is 27.5 Å². The molecule has 1 atom stereocenters. The van der Waals surface area contributed by atoms with Crippen molar-refractivity contribution in [2.75, 3.05) is 10.8 Å². The summed E-state index contributed by atoms with van der Waals surface area (Å²) in [6.45, 7) is 6.84. The first-order valence-electron chi connectivity index (χ1n) is 14.5. The van der Waals surface area contributed by atoms with Crippen molar-refractivity contribution in [2.45, 2.75) is 83.3 Å². The lowest BCUT2D eigenvalue weighted by atomic mass is 9.95. The van der Waals surface area contributed by atoms with E-state index < -0.39 is 34.3 Å². The molecule has 3 aromatic rings. The Bertz CT molecular complexity index is 1500. The van der Waals surface area contributed by atoms with Crippen LogP contribution < -0.4 is 9.62 Å². The second kappa shape index (κ2) is 13.5. The predicted molar refractivity (Wildman–Crippen MR) is 163 cm³/mol. The highest BCUT2D eigenvalue weighted by atomic mass is 32.2.